The van der Waals surface area contributed by atoms with Crippen LogP contribution in [0.5, 0.6) is 0 Å². The smallest absolute Gasteiger partial charge is 0.303 e. The average molecular weight is 371 g/mol. The van der Waals surface area contributed by atoms with Crippen LogP contribution in [0.3, 0.4) is 0 Å². The Labute approximate surface area is 156 Å². The number of unbranched alkanes of at least 4 members (excludes halogenated alkanes) is 3. The van der Waals surface area contributed by atoms with E-state index in [-0.39, 0.29) is 24.4 Å². The fraction of sp³-hybridized carbons (Fsp3) is 0.762. The molecule has 0 aromatic carbocycles. The number of carboxylic acids is 1. The van der Waals surface area contributed by atoms with Gasteiger partial charge < -0.3 is 15.3 Å². The number of carboxylic acid groups (broad SMARTS) is 1. The maximum atomic E-state index is 13.9. The molecule has 0 aromatic heterocycles. The molecule has 1 rings (SSSR count). The van der Waals surface area contributed by atoms with Gasteiger partial charge in [0.05, 0.1) is 6.10 Å². The second kappa shape index (κ2) is 13.0. The van der Waals surface area contributed by atoms with Crippen molar-refractivity contribution in [1.29, 1.82) is 0 Å². The number of hydrogen-bond acceptors (Lipinski definition) is 3. The zero-order valence-corrected chi connectivity index (χ0v) is 15.9. The van der Waals surface area contributed by atoms with Gasteiger partial charge in [-0.05, 0) is 50.4 Å². The number of carbonyl (C=O) groups is 1. The van der Waals surface area contributed by atoms with E-state index >= 15 is 0 Å². The van der Waals surface area contributed by atoms with Crippen LogP contribution < -0.4 is 0 Å². The van der Waals surface area contributed by atoms with Crippen LogP contribution in [0, 0.1) is 11.8 Å². The molecule has 4 nitrogen and oxygen atoms in total. The number of alkyl halides is 1. The summed E-state index contributed by atoms with van der Waals surface area (Å²) in [7, 11) is 0. The Morgan fingerprint density at radius 3 is 2.69 bits per heavy atom. The molecule has 1 aliphatic rings. The summed E-state index contributed by atoms with van der Waals surface area (Å²) in [6.07, 6.45) is 11.7. The molecule has 0 radical (unpaired) electrons. The van der Waals surface area contributed by atoms with Crippen LogP contribution in [0.4, 0.5) is 4.39 Å². The molecule has 26 heavy (non-hydrogen) atoms. The van der Waals surface area contributed by atoms with Crippen LogP contribution in [-0.4, -0.2) is 39.7 Å². The maximum Gasteiger partial charge on any atom is 0.303 e. The molecule has 0 amide bonds. The predicted octanol–water partition coefficient (Wildman–Crippen LogP) is 4.41. The summed E-state index contributed by atoms with van der Waals surface area (Å²) in [6.45, 7) is 2.07. The first kappa shape index (κ1) is 22.8. The highest BCUT2D eigenvalue weighted by Crippen LogP contribution is 2.36. The lowest BCUT2D eigenvalue weighted by Crippen LogP contribution is -2.21. The molecule has 0 heterocycles. The molecule has 3 N–H and O–H groups in total. The molecule has 150 valence electrons. The van der Waals surface area contributed by atoms with Crippen LogP contribution in [0.2, 0.25) is 0 Å². The van der Waals surface area contributed by atoms with E-state index in [2.05, 4.69) is 6.92 Å². The van der Waals surface area contributed by atoms with Gasteiger partial charge in [0.15, 0.2) is 0 Å². The predicted molar refractivity (Wildman–Crippen MR) is 102 cm³/mol. The van der Waals surface area contributed by atoms with Gasteiger partial charge in [-0.25, -0.2) is 4.39 Å². The van der Waals surface area contributed by atoms with Crippen molar-refractivity contribution < 1.29 is 24.5 Å². The highest BCUT2D eigenvalue weighted by molar-refractivity contribution is 5.66. The molecule has 0 bridgehead atoms. The standard InChI is InChI=1S/C21H35FO4/c1-2-3-6-10-18(22)20(24)15-13-16-12-14-19(23)17(16)9-7-4-5-8-11-21(25)26/h4,7,13,15-20,23-24H,2-3,5-6,8-12,14H2,1H3,(H,25,26)/b7-4+,15-13+/t16-,17-,18?,19+,20-/m1/s1. The van der Waals surface area contributed by atoms with Crippen LogP contribution >= 0.6 is 0 Å². The molecule has 1 unspecified atom stereocenters. The molecular formula is C21H35FO4. The summed E-state index contributed by atoms with van der Waals surface area (Å²) in [4.78, 5) is 10.5. The molecule has 5 heteroatoms. The number of rotatable bonds is 13. The summed E-state index contributed by atoms with van der Waals surface area (Å²) >= 11 is 0. The molecule has 5 atom stereocenters. The van der Waals surface area contributed by atoms with Gasteiger partial charge in [0.25, 0.3) is 0 Å². The SMILES string of the molecule is CCCCCC(F)[C@H](O)/C=C/[C@H]1CC[C@H](O)[C@@H]1C/C=C/CCCC(=O)O. The van der Waals surface area contributed by atoms with Crippen molar-refractivity contribution in [1.82, 2.24) is 0 Å². The Morgan fingerprint density at radius 1 is 1.23 bits per heavy atom. The van der Waals surface area contributed by atoms with E-state index in [1.807, 2.05) is 18.2 Å². The normalized spacial score (nSPS) is 25.9. The minimum atomic E-state index is -1.23. The fourth-order valence-corrected chi connectivity index (χ4v) is 3.53. The van der Waals surface area contributed by atoms with E-state index in [1.165, 1.54) is 0 Å². The minimum absolute atomic E-state index is 0.0762. The van der Waals surface area contributed by atoms with Crippen molar-refractivity contribution in [2.75, 3.05) is 0 Å². The summed E-state index contributed by atoms with van der Waals surface area (Å²) in [5.41, 5.74) is 0. The largest absolute Gasteiger partial charge is 0.481 e. The van der Waals surface area contributed by atoms with E-state index in [9.17, 15) is 19.4 Å². The van der Waals surface area contributed by atoms with Gasteiger partial charge in [-0.3, -0.25) is 4.79 Å². The van der Waals surface area contributed by atoms with Crippen molar-refractivity contribution >= 4 is 5.97 Å². The van der Waals surface area contributed by atoms with Crippen LogP contribution in [0.1, 0.15) is 71.1 Å². The van der Waals surface area contributed by atoms with Crippen molar-refractivity contribution in [3.8, 4) is 0 Å². The second-order valence-corrected chi connectivity index (χ2v) is 7.35. The highest BCUT2D eigenvalue weighted by atomic mass is 19.1. The van der Waals surface area contributed by atoms with E-state index in [0.717, 1.165) is 44.9 Å². The van der Waals surface area contributed by atoms with Crippen molar-refractivity contribution in [2.24, 2.45) is 11.8 Å². The third kappa shape index (κ3) is 8.95. The zero-order chi connectivity index (χ0) is 19.4. The Hall–Kier alpha value is -1.20. The zero-order valence-electron chi connectivity index (χ0n) is 15.9. The number of aliphatic carboxylic acids is 1. The van der Waals surface area contributed by atoms with E-state index < -0.39 is 18.2 Å². The van der Waals surface area contributed by atoms with Crippen LogP contribution in [0.15, 0.2) is 24.3 Å². The molecule has 0 saturated heterocycles. The Kier molecular flexibility index (Phi) is 11.5. The first-order valence-electron chi connectivity index (χ1n) is 10.0. The number of allylic oxidation sites excluding steroid dienone is 3. The Balaban J connectivity index is 2.41. The van der Waals surface area contributed by atoms with Gasteiger partial charge in [-0.2, -0.15) is 0 Å². The summed E-state index contributed by atoms with van der Waals surface area (Å²) in [6, 6.07) is 0. The number of halogens is 1. The molecule has 1 aliphatic carbocycles. The molecule has 1 saturated carbocycles. The molecule has 1 fully saturated rings. The van der Waals surface area contributed by atoms with E-state index in [0.29, 0.717) is 12.8 Å². The van der Waals surface area contributed by atoms with Gasteiger partial charge in [0.2, 0.25) is 0 Å². The number of hydrogen-bond donors (Lipinski definition) is 3. The first-order valence-corrected chi connectivity index (χ1v) is 10.0. The van der Waals surface area contributed by atoms with Gasteiger partial charge in [0.1, 0.15) is 12.3 Å². The van der Waals surface area contributed by atoms with Gasteiger partial charge in [0, 0.05) is 6.42 Å². The molecule has 0 aromatic rings. The molecule has 0 aliphatic heterocycles. The Morgan fingerprint density at radius 2 is 2.00 bits per heavy atom. The minimum Gasteiger partial charge on any atom is -0.481 e. The fourth-order valence-electron chi connectivity index (χ4n) is 3.53. The third-order valence-corrected chi connectivity index (χ3v) is 5.19. The topological polar surface area (TPSA) is 77.8 Å². The molecular weight excluding hydrogens is 335 g/mol. The number of aliphatic hydroxyl groups is 2. The maximum absolute atomic E-state index is 13.9. The van der Waals surface area contributed by atoms with Gasteiger partial charge in [-0.1, -0.05) is 50.5 Å². The van der Waals surface area contributed by atoms with Crippen molar-refractivity contribution in [3.63, 3.8) is 0 Å². The average Bonchev–Trinajstić information content (AvgIpc) is 2.95. The lowest BCUT2D eigenvalue weighted by atomic mass is 9.90. The third-order valence-electron chi connectivity index (χ3n) is 5.19. The summed E-state index contributed by atoms with van der Waals surface area (Å²) in [5.74, 6) is -0.562. The van der Waals surface area contributed by atoms with Gasteiger partial charge in [-0.15, -0.1) is 0 Å². The van der Waals surface area contributed by atoms with Crippen LogP contribution in [-0.2, 0) is 4.79 Å². The lowest BCUT2D eigenvalue weighted by molar-refractivity contribution is -0.137. The van der Waals surface area contributed by atoms with Crippen molar-refractivity contribution in [2.45, 2.75) is 89.5 Å². The second-order valence-electron chi connectivity index (χ2n) is 7.35. The first-order chi connectivity index (χ1) is 12.5. The highest BCUT2D eigenvalue weighted by Gasteiger charge is 2.32. The molecule has 0 spiro atoms. The number of aliphatic hydroxyl groups excluding tert-OH is 2. The van der Waals surface area contributed by atoms with E-state index in [1.54, 1.807) is 6.08 Å². The van der Waals surface area contributed by atoms with Gasteiger partial charge >= 0.3 is 5.97 Å². The van der Waals surface area contributed by atoms with Crippen molar-refractivity contribution in [3.05, 3.63) is 24.3 Å². The monoisotopic (exact) mass is 370 g/mol. The lowest BCUT2D eigenvalue weighted by Gasteiger charge is -2.19. The van der Waals surface area contributed by atoms with E-state index in [4.69, 9.17) is 5.11 Å². The van der Waals surface area contributed by atoms with Crippen LogP contribution in [0.25, 0.3) is 0 Å². The Bertz CT molecular complexity index is 449. The summed E-state index contributed by atoms with van der Waals surface area (Å²) in [5, 5.41) is 28.7. The quantitative estimate of drug-likeness (QED) is 0.331. The summed E-state index contributed by atoms with van der Waals surface area (Å²) < 4.78 is 13.9.